The summed E-state index contributed by atoms with van der Waals surface area (Å²) in [6.45, 7) is 1.83. The first-order valence-electron chi connectivity index (χ1n) is 4.82. The van der Waals surface area contributed by atoms with Gasteiger partial charge in [0.25, 0.3) is 0 Å². The average Bonchev–Trinajstić information content (AvgIpc) is 2.20. The van der Waals surface area contributed by atoms with Gasteiger partial charge in [-0.3, -0.25) is 4.79 Å². The standard InChI is InChI=1S/C11H14FNO2S/c1-7-4-9(12)3-2-8(7)5-16-6-10(13)11(14)15/h2-4,10H,5-6,13H2,1H3,(H,14,15). The Morgan fingerprint density at radius 1 is 1.62 bits per heavy atom. The molecular weight excluding hydrogens is 229 g/mol. The molecule has 0 aliphatic heterocycles. The predicted molar refractivity (Wildman–Crippen MR) is 62.9 cm³/mol. The second kappa shape index (κ2) is 5.86. The molecule has 0 bridgehead atoms. The van der Waals surface area contributed by atoms with E-state index in [1.54, 1.807) is 6.07 Å². The lowest BCUT2D eigenvalue weighted by Gasteiger charge is -2.08. The minimum absolute atomic E-state index is 0.256. The third-order valence-corrected chi connectivity index (χ3v) is 3.29. The number of halogens is 1. The van der Waals surface area contributed by atoms with Crippen molar-refractivity contribution in [3.05, 3.63) is 35.1 Å². The number of rotatable bonds is 5. The predicted octanol–water partition coefficient (Wildman–Crippen LogP) is 1.78. The lowest BCUT2D eigenvalue weighted by molar-refractivity contribution is -0.137. The van der Waals surface area contributed by atoms with Crippen LogP contribution in [0.4, 0.5) is 4.39 Å². The number of carboxylic acid groups (broad SMARTS) is 1. The minimum Gasteiger partial charge on any atom is -0.480 e. The van der Waals surface area contributed by atoms with Gasteiger partial charge in [0, 0.05) is 11.5 Å². The van der Waals surface area contributed by atoms with E-state index >= 15 is 0 Å². The highest BCUT2D eigenvalue weighted by Gasteiger charge is 2.11. The minimum atomic E-state index is -0.997. The molecule has 0 spiro atoms. The molecule has 1 rings (SSSR count). The first-order valence-corrected chi connectivity index (χ1v) is 5.97. The van der Waals surface area contributed by atoms with E-state index < -0.39 is 12.0 Å². The summed E-state index contributed by atoms with van der Waals surface area (Å²) < 4.78 is 12.8. The van der Waals surface area contributed by atoms with Crippen LogP contribution in [0.1, 0.15) is 11.1 Å². The maximum Gasteiger partial charge on any atom is 0.321 e. The molecule has 3 N–H and O–H groups in total. The quantitative estimate of drug-likeness (QED) is 0.827. The molecule has 3 nitrogen and oxygen atoms in total. The van der Waals surface area contributed by atoms with E-state index in [0.29, 0.717) is 11.5 Å². The summed E-state index contributed by atoms with van der Waals surface area (Å²) in [5, 5.41) is 8.58. The van der Waals surface area contributed by atoms with Crippen molar-refractivity contribution in [2.45, 2.75) is 18.7 Å². The summed E-state index contributed by atoms with van der Waals surface area (Å²) in [7, 11) is 0. The van der Waals surface area contributed by atoms with E-state index in [9.17, 15) is 9.18 Å². The molecule has 0 aliphatic carbocycles. The summed E-state index contributed by atoms with van der Waals surface area (Å²) >= 11 is 1.43. The number of nitrogens with two attached hydrogens (primary N) is 1. The van der Waals surface area contributed by atoms with E-state index in [1.165, 1.54) is 23.9 Å². The van der Waals surface area contributed by atoms with Crippen LogP contribution in [0.15, 0.2) is 18.2 Å². The molecule has 0 amide bonds. The zero-order valence-electron chi connectivity index (χ0n) is 8.94. The molecule has 0 saturated heterocycles. The highest BCUT2D eigenvalue weighted by molar-refractivity contribution is 7.98. The monoisotopic (exact) mass is 243 g/mol. The highest BCUT2D eigenvalue weighted by atomic mass is 32.2. The molecule has 0 fully saturated rings. The van der Waals surface area contributed by atoms with Gasteiger partial charge in [-0.15, -0.1) is 0 Å². The van der Waals surface area contributed by atoms with Crippen molar-refractivity contribution in [2.75, 3.05) is 5.75 Å². The number of aryl methyl sites for hydroxylation is 1. The van der Waals surface area contributed by atoms with Gasteiger partial charge < -0.3 is 10.8 Å². The van der Waals surface area contributed by atoms with Crippen molar-refractivity contribution in [1.82, 2.24) is 0 Å². The Morgan fingerprint density at radius 3 is 2.88 bits per heavy atom. The molecule has 1 aromatic carbocycles. The molecule has 0 aromatic heterocycles. The largest absolute Gasteiger partial charge is 0.480 e. The second-order valence-electron chi connectivity index (χ2n) is 3.53. The topological polar surface area (TPSA) is 63.3 Å². The second-order valence-corrected chi connectivity index (χ2v) is 4.56. The maximum absolute atomic E-state index is 12.8. The van der Waals surface area contributed by atoms with Crippen molar-refractivity contribution < 1.29 is 14.3 Å². The normalized spacial score (nSPS) is 12.4. The van der Waals surface area contributed by atoms with Gasteiger partial charge in [0.2, 0.25) is 0 Å². The van der Waals surface area contributed by atoms with Crippen molar-refractivity contribution in [3.63, 3.8) is 0 Å². The first-order chi connectivity index (χ1) is 7.50. The van der Waals surface area contributed by atoms with Gasteiger partial charge in [0.1, 0.15) is 11.9 Å². The van der Waals surface area contributed by atoms with Crippen LogP contribution < -0.4 is 5.73 Å². The fourth-order valence-electron chi connectivity index (χ4n) is 1.19. The Bertz CT molecular complexity index is 384. The van der Waals surface area contributed by atoms with Gasteiger partial charge in [-0.05, 0) is 30.2 Å². The lowest BCUT2D eigenvalue weighted by atomic mass is 10.1. The van der Waals surface area contributed by atoms with Gasteiger partial charge in [-0.2, -0.15) is 11.8 Å². The number of carbonyl (C=O) groups is 1. The zero-order valence-corrected chi connectivity index (χ0v) is 9.76. The number of hydrogen-bond acceptors (Lipinski definition) is 3. The Kier molecular flexibility index (Phi) is 4.76. The summed E-state index contributed by atoms with van der Waals surface area (Å²) in [5.41, 5.74) is 7.24. The molecule has 1 atom stereocenters. The number of hydrogen-bond donors (Lipinski definition) is 2. The lowest BCUT2D eigenvalue weighted by Crippen LogP contribution is -2.32. The summed E-state index contributed by atoms with van der Waals surface area (Å²) in [6, 6.07) is 3.74. The van der Waals surface area contributed by atoms with Crippen molar-refractivity contribution in [1.29, 1.82) is 0 Å². The van der Waals surface area contributed by atoms with E-state index in [2.05, 4.69) is 0 Å². The molecule has 1 aromatic rings. The molecule has 88 valence electrons. The molecule has 0 saturated carbocycles. The van der Waals surface area contributed by atoms with Crippen LogP contribution in [-0.2, 0) is 10.5 Å². The van der Waals surface area contributed by atoms with E-state index in [1.807, 2.05) is 6.92 Å². The molecule has 0 aliphatic rings. The van der Waals surface area contributed by atoms with Crippen LogP contribution in [0, 0.1) is 12.7 Å². The number of aliphatic carboxylic acids is 1. The maximum atomic E-state index is 12.8. The summed E-state index contributed by atoms with van der Waals surface area (Å²) in [4.78, 5) is 10.5. The van der Waals surface area contributed by atoms with E-state index in [-0.39, 0.29) is 5.82 Å². The van der Waals surface area contributed by atoms with Gasteiger partial charge in [0.05, 0.1) is 0 Å². The Balaban J connectivity index is 2.46. The van der Waals surface area contributed by atoms with Crippen LogP contribution in [0.25, 0.3) is 0 Å². The van der Waals surface area contributed by atoms with Gasteiger partial charge in [-0.25, -0.2) is 4.39 Å². The van der Waals surface area contributed by atoms with Gasteiger partial charge in [0.15, 0.2) is 0 Å². The number of thioether (sulfide) groups is 1. The SMILES string of the molecule is Cc1cc(F)ccc1CSCC(N)C(=O)O. The Labute approximate surface area is 97.8 Å². The fraction of sp³-hybridized carbons (Fsp3) is 0.364. The zero-order chi connectivity index (χ0) is 12.1. The number of carboxylic acids is 1. The molecule has 16 heavy (non-hydrogen) atoms. The third-order valence-electron chi connectivity index (χ3n) is 2.18. The van der Waals surface area contributed by atoms with Crippen molar-refractivity contribution in [2.24, 2.45) is 5.73 Å². The molecule has 0 heterocycles. The molecule has 5 heteroatoms. The number of benzene rings is 1. The molecule has 1 unspecified atom stereocenters. The van der Waals surface area contributed by atoms with Crippen LogP contribution >= 0.6 is 11.8 Å². The Hall–Kier alpha value is -1.07. The van der Waals surface area contributed by atoms with E-state index in [0.717, 1.165) is 11.1 Å². The summed E-state index contributed by atoms with van der Waals surface area (Å²) in [6.07, 6.45) is 0. The molecular formula is C11H14FNO2S. The average molecular weight is 243 g/mol. The van der Waals surface area contributed by atoms with Crippen LogP contribution in [0.5, 0.6) is 0 Å². The first kappa shape index (κ1) is 13.0. The van der Waals surface area contributed by atoms with Crippen LogP contribution in [-0.4, -0.2) is 22.9 Å². The van der Waals surface area contributed by atoms with Crippen LogP contribution in [0.2, 0.25) is 0 Å². The van der Waals surface area contributed by atoms with Gasteiger partial charge in [-0.1, -0.05) is 6.07 Å². The third kappa shape index (κ3) is 3.83. The smallest absolute Gasteiger partial charge is 0.321 e. The fourth-order valence-corrected chi connectivity index (χ4v) is 2.25. The van der Waals surface area contributed by atoms with E-state index in [4.69, 9.17) is 10.8 Å². The van der Waals surface area contributed by atoms with Crippen LogP contribution in [0.3, 0.4) is 0 Å². The Morgan fingerprint density at radius 2 is 2.31 bits per heavy atom. The highest BCUT2D eigenvalue weighted by Crippen LogP contribution is 2.17. The van der Waals surface area contributed by atoms with Gasteiger partial charge >= 0.3 is 5.97 Å². The van der Waals surface area contributed by atoms with Crippen molar-refractivity contribution >= 4 is 17.7 Å². The summed E-state index contributed by atoms with van der Waals surface area (Å²) in [5.74, 6) is -0.254. The molecule has 0 radical (unpaired) electrons. The van der Waals surface area contributed by atoms with Crippen molar-refractivity contribution in [3.8, 4) is 0 Å².